The van der Waals surface area contributed by atoms with Gasteiger partial charge >= 0.3 is 0 Å². The fourth-order valence-corrected chi connectivity index (χ4v) is 2.88. The van der Waals surface area contributed by atoms with E-state index < -0.39 is 0 Å². The maximum atomic E-state index is 5.33. The van der Waals surface area contributed by atoms with Gasteiger partial charge in [0.1, 0.15) is 5.75 Å². The van der Waals surface area contributed by atoms with E-state index in [2.05, 4.69) is 58.7 Å². The Morgan fingerprint density at radius 1 is 1.14 bits per heavy atom. The summed E-state index contributed by atoms with van der Waals surface area (Å²) in [5.41, 5.74) is 2.68. The van der Waals surface area contributed by atoms with E-state index in [0.29, 0.717) is 6.04 Å². The van der Waals surface area contributed by atoms with Gasteiger partial charge in [-0.05, 0) is 23.3 Å². The number of piperazine rings is 1. The van der Waals surface area contributed by atoms with Crippen LogP contribution in [-0.2, 0) is 6.54 Å². The largest absolute Gasteiger partial charge is 0.497 e. The Hall–Kier alpha value is -1.84. The van der Waals surface area contributed by atoms with Crippen LogP contribution in [-0.4, -0.2) is 31.6 Å². The molecule has 0 bridgehead atoms. The van der Waals surface area contributed by atoms with Crippen molar-refractivity contribution in [2.45, 2.75) is 12.6 Å². The standard InChI is InChI=1S/C18H22N2O/c1-21-17-9-5-8-16(12-17)18-14-20(11-10-19-18)13-15-6-3-2-4-7-15/h2-9,12,18-19H,10-11,13-14H2,1H3/t18-/m1/s1. The summed E-state index contributed by atoms with van der Waals surface area (Å²) in [5, 5.41) is 3.61. The number of ether oxygens (including phenoxy) is 1. The Morgan fingerprint density at radius 2 is 2.00 bits per heavy atom. The van der Waals surface area contributed by atoms with Crippen molar-refractivity contribution in [2.24, 2.45) is 0 Å². The lowest BCUT2D eigenvalue weighted by molar-refractivity contribution is 0.193. The molecule has 0 aliphatic carbocycles. The highest BCUT2D eigenvalue weighted by molar-refractivity contribution is 5.31. The second-order valence-corrected chi connectivity index (χ2v) is 5.50. The quantitative estimate of drug-likeness (QED) is 0.933. The SMILES string of the molecule is COc1cccc([C@H]2CN(Cc3ccccc3)CCN2)c1. The Morgan fingerprint density at radius 3 is 2.81 bits per heavy atom. The van der Waals surface area contributed by atoms with E-state index >= 15 is 0 Å². The summed E-state index contributed by atoms with van der Waals surface area (Å²) in [6, 6.07) is 19.4. The van der Waals surface area contributed by atoms with E-state index in [4.69, 9.17) is 4.74 Å². The molecular weight excluding hydrogens is 260 g/mol. The van der Waals surface area contributed by atoms with Gasteiger partial charge in [-0.1, -0.05) is 42.5 Å². The average molecular weight is 282 g/mol. The molecule has 2 aromatic rings. The van der Waals surface area contributed by atoms with Crippen LogP contribution in [0.3, 0.4) is 0 Å². The van der Waals surface area contributed by atoms with E-state index in [-0.39, 0.29) is 0 Å². The highest BCUT2D eigenvalue weighted by Crippen LogP contribution is 2.22. The maximum absolute atomic E-state index is 5.33. The van der Waals surface area contributed by atoms with Crippen LogP contribution < -0.4 is 10.1 Å². The van der Waals surface area contributed by atoms with Crippen LogP contribution in [0.5, 0.6) is 5.75 Å². The van der Waals surface area contributed by atoms with Gasteiger partial charge in [-0.3, -0.25) is 4.90 Å². The lowest BCUT2D eigenvalue weighted by atomic mass is 10.0. The van der Waals surface area contributed by atoms with Crippen LogP contribution in [0.4, 0.5) is 0 Å². The van der Waals surface area contributed by atoms with Crippen molar-refractivity contribution in [1.82, 2.24) is 10.2 Å². The molecule has 3 heteroatoms. The van der Waals surface area contributed by atoms with Crippen molar-refractivity contribution in [3.05, 3.63) is 65.7 Å². The Bertz CT molecular complexity index is 570. The Balaban J connectivity index is 1.67. The molecule has 1 aliphatic rings. The first-order valence-electron chi connectivity index (χ1n) is 7.49. The molecule has 0 unspecified atom stereocenters. The summed E-state index contributed by atoms with van der Waals surface area (Å²) in [7, 11) is 1.72. The first kappa shape index (κ1) is 14.1. The van der Waals surface area contributed by atoms with Crippen LogP contribution >= 0.6 is 0 Å². The third-order valence-corrected chi connectivity index (χ3v) is 4.00. The summed E-state index contributed by atoms with van der Waals surface area (Å²) in [6.07, 6.45) is 0. The summed E-state index contributed by atoms with van der Waals surface area (Å²) >= 11 is 0. The third kappa shape index (κ3) is 3.63. The van der Waals surface area contributed by atoms with Crippen LogP contribution in [0.25, 0.3) is 0 Å². The number of benzene rings is 2. The molecule has 1 heterocycles. The monoisotopic (exact) mass is 282 g/mol. The van der Waals surface area contributed by atoms with Gasteiger partial charge in [0.05, 0.1) is 7.11 Å². The number of hydrogen-bond acceptors (Lipinski definition) is 3. The van der Waals surface area contributed by atoms with Gasteiger partial charge in [-0.25, -0.2) is 0 Å². The number of methoxy groups -OCH3 is 1. The molecule has 3 nitrogen and oxygen atoms in total. The molecule has 0 aromatic heterocycles. The topological polar surface area (TPSA) is 24.5 Å². The van der Waals surface area contributed by atoms with Crippen LogP contribution in [0.2, 0.25) is 0 Å². The fraction of sp³-hybridized carbons (Fsp3) is 0.333. The zero-order valence-electron chi connectivity index (χ0n) is 12.5. The van der Waals surface area contributed by atoms with E-state index in [9.17, 15) is 0 Å². The van der Waals surface area contributed by atoms with Gasteiger partial charge < -0.3 is 10.1 Å². The highest BCUT2D eigenvalue weighted by atomic mass is 16.5. The number of nitrogens with one attached hydrogen (secondary N) is 1. The second-order valence-electron chi connectivity index (χ2n) is 5.50. The van der Waals surface area contributed by atoms with Gasteiger partial charge in [0, 0.05) is 32.2 Å². The van der Waals surface area contributed by atoms with E-state index in [1.165, 1.54) is 11.1 Å². The normalized spacial score (nSPS) is 19.4. The molecule has 0 saturated carbocycles. The minimum Gasteiger partial charge on any atom is -0.497 e. The van der Waals surface area contributed by atoms with Crippen molar-refractivity contribution in [3.63, 3.8) is 0 Å². The predicted octanol–water partition coefficient (Wildman–Crippen LogP) is 2.84. The Kier molecular flexibility index (Phi) is 4.53. The van der Waals surface area contributed by atoms with E-state index in [1.807, 2.05) is 6.07 Å². The summed E-state index contributed by atoms with van der Waals surface area (Å²) in [4.78, 5) is 2.51. The van der Waals surface area contributed by atoms with Crippen LogP contribution in [0.15, 0.2) is 54.6 Å². The van der Waals surface area contributed by atoms with Crippen molar-refractivity contribution < 1.29 is 4.74 Å². The molecule has 0 amide bonds. The molecule has 2 aromatic carbocycles. The van der Waals surface area contributed by atoms with Crippen LogP contribution in [0, 0.1) is 0 Å². The molecule has 1 aliphatic heterocycles. The first-order valence-corrected chi connectivity index (χ1v) is 7.49. The molecule has 1 atom stereocenters. The lowest BCUT2D eigenvalue weighted by Gasteiger charge is -2.34. The predicted molar refractivity (Wildman–Crippen MR) is 85.5 cm³/mol. The minimum absolute atomic E-state index is 0.373. The van der Waals surface area contributed by atoms with Gasteiger partial charge in [-0.2, -0.15) is 0 Å². The average Bonchev–Trinajstić information content (AvgIpc) is 2.56. The molecule has 0 radical (unpaired) electrons. The van der Waals surface area contributed by atoms with Crippen molar-refractivity contribution in [3.8, 4) is 5.75 Å². The third-order valence-electron chi connectivity index (χ3n) is 4.00. The van der Waals surface area contributed by atoms with E-state index in [1.54, 1.807) is 7.11 Å². The molecule has 1 saturated heterocycles. The number of hydrogen-bond donors (Lipinski definition) is 1. The lowest BCUT2D eigenvalue weighted by Crippen LogP contribution is -2.45. The molecular formula is C18H22N2O. The molecule has 0 spiro atoms. The van der Waals surface area contributed by atoms with Crippen molar-refractivity contribution in [2.75, 3.05) is 26.7 Å². The van der Waals surface area contributed by atoms with Gasteiger partial charge in [0.25, 0.3) is 0 Å². The second kappa shape index (κ2) is 6.74. The number of nitrogens with zero attached hydrogens (tertiary/aromatic N) is 1. The molecule has 1 fully saturated rings. The zero-order valence-corrected chi connectivity index (χ0v) is 12.5. The minimum atomic E-state index is 0.373. The summed E-state index contributed by atoms with van der Waals surface area (Å²) < 4.78 is 5.33. The smallest absolute Gasteiger partial charge is 0.119 e. The maximum Gasteiger partial charge on any atom is 0.119 e. The molecule has 21 heavy (non-hydrogen) atoms. The van der Waals surface area contributed by atoms with E-state index in [0.717, 1.165) is 31.9 Å². The molecule has 1 N–H and O–H groups in total. The molecule has 110 valence electrons. The fourth-order valence-electron chi connectivity index (χ4n) is 2.88. The van der Waals surface area contributed by atoms with Gasteiger partial charge in [0.15, 0.2) is 0 Å². The Labute approximate surface area is 126 Å². The van der Waals surface area contributed by atoms with Gasteiger partial charge in [0.2, 0.25) is 0 Å². The summed E-state index contributed by atoms with van der Waals surface area (Å²) in [6.45, 7) is 4.16. The molecule has 3 rings (SSSR count). The van der Waals surface area contributed by atoms with Crippen LogP contribution in [0.1, 0.15) is 17.2 Å². The highest BCUT2D eigenvalue weighted by Gasteiger charge is 2.20. The first-order chi connectivity index (χ1) is 10.3. The zero-order chi connectivity index (χ0) is 14.5. The van der Waals surface area contributed by atoms with Gasteiger partial charge in [-0.15, -0.1) is 0 Å². The summed E-state index contributed by atoms with van der Waals surface area (Å²) in [5.74, 6) is 0.925. The van der Waals surface area contributed by atoms with Crippen molar-refractivity contribution >= 4 is 0 Å². The van der Waals surface area contributed by atoms with Crippen molar-refractivity contribution in [1.29, 1.82) is 0 Å². The number of rotatable bonds is 4.